The van der Waals surface area contributed by atoms with Gasteiger partial charge in [0.15, 0.2) is 18.1 Å². The van der Waals surface area contributed by atoms with E-state index in [-0.39, 0.29) is 6.54 Å². The van der Waals surface area contributed by atoms with Crippen molar-refractivity contribution in [2.45, 2.75) is 104 Å². The summed E-state index contributed by atoms with van der Waals surface area (Å²) in [6.07, 6.45) is 13.6. The maximum absolute atomic E-state index is 11.7. The van der Waals surface area contributed by atoms with Crippen LogP contribution in [0.3, 0.4) is 0 Å². The van der Waals surface area contributed by atoms with Crippen LogP contribution in [-0.2, 0) is 14.4 Å². The highest BCUT2D eigenvalue weighted by atomic mass is 16.4. The second-order valence-corrected chi connectivity index (χ2v) is 7.93. The second kappa shape index (κ2) is 14.1. The number of unbranched alkanes of at least 4 members (excludes halogenated alkanes) is 7. The fourth-order valence-electron chi connectivity index (χ4n) is 3.95. The molecule has 0 amide bonds. The molecule has 3 unspecified atom stereocenters. The highest BCUT2D eigenvalue weighted by Crippen LogP contribution is 2.27. The van der Waals surface area contributed by atoms with Gasteiger partial charge in [-0.25, -0.2) is 14.4 Å². The molecule has 0 aromatic rings. The van der Waals surface area contributed by atoms with E-state index in [1.807, 2.05) is 0 Å². The molecule has 0 radical (unpaired) electrons. The van der Waals surface area contributed by atoms with E-state index < -0.39 is 40.5 Å². The van der Waals surface area contributed by atoms with Gasteiger partial charge in [0, 0.05) is 0 Å². The predicted octanol–water partition coefficient (Wildman–Crippen LogP) is 4.31. The summed E-state index contributed by atoms with van der Waals surface area (Å²) in [5, 5.41) is 28.6. The second-order valence-electron chi connectivity index (χ2n) is 7.93. The Kier molecular flexibility index (Phi) is 13.2. The first kappa shape index (κ1) is 27.1. The van der Waals surface area contributed by atoms with Crippen molar-refractivity contribution in [3.05, 3.63) is 12.2 Å². The zero-order valence-electron chi connectivity index (χ0n) is 18.5. The fraction of sp³-hybridized carbons (Fsp3) is 0.773. The van der Waals surface area contributed by atoms with Crippen LogP contribution in [0.5, 0.6) is 0 Å². The van der Waals surface area contributed by atoms with Crippen LogP contribution in [-0.4, -0.2) is 62.4 Å². The van der Waals surface area contributed by atoms with Gasteiger partial charge in [-0.05, 0) is 59.3 Å². The molecule has 0 saturated carbocycles. The number of carboxylic acids is 3. The lowest BCUT2D eigenvalue weighted by atomic mass is 10.00. The maximum atomic E-state index is 11.7. The first-order valence-corrected chi connectivity index (χ1v) is 10.8. The van der Waals surface area contributed by atoms with Gasteiger partial charge in [-0.1, -0.05) is 38.3 Å². The normalized spacial score (nSPS) is 16.8. The van der Waals surface area contributed by atoms with Crippen molar-refractivity contribution in [3.63, 3.8) is 0 Å². The van der Waals surface area contributed by atoms with Crippen LogP contribution in [0.15, 0.2) is 12.2 Å². The number of hydrogen-bond donors (Lipinski definition) is 3. The van der Waals surface area contributed by atoms with Crippen molar-refractivity contribution in [1.29, 1.82) is 0 Å². The average Bonchev–Trinajstić information content (AvgIpc) is 2.67. The lowest BCUT2D eigenvalue weighted by molar-refractivity contribution is -0.968. The molecule has 3 N–H and O–H groups in total. The van der Waals surface area contributed by atoms with Gasteiger partial charge in [0.2, 0.25) is 0 Å². The third kappa shape index (κ3) is 8.56. The minimum atomic E-state index is -1.18. The fourth-order valence-corrected chi connectivity index (χ4v) is 3.95. The molecular formula is C22H40NO6+. The molecule has 0 aliphatic heterocycles. The molecule has 0 aromatic carbocycles. The van der Waals surface area contributed by atoms with E-state index in [0.717, 1.165) is 25.7 Å². The van der Waals surface area contributed by atoms with Crippen LogP contribution >= 0.6 is 0 Å². The quantitative estimate of drug-likeness (QED) is 0.186. The monoisotopic (exact) mass is 414 g/mol. The van der Waals surface area contributed by atoms with Crippen molar-refractivity contribution in [1.82, 2.24) is 0 Å². The van der Waals surface area contributed by atoms with Gasteiger partial charge in [0.1, 0.15) is 0 Å². The van der Waals surface area contributed by atoms with Crippen molar-refractivity contribution >= 4 is 17.9 Å². The minimum absolute atomic E-state index is 0.204. The Morgan fingerprint density at radius 1 is 0.690 bits per heavy atom. The molecule has 7 heteroatoms. The van der Waals surface area contributed by atoms with Crippen LogP contribution in [0.2, 0.25) is 0 Å². The molecule has 168 valence electrons. The molecule has 0 spiro atoms. The third-order valence-corrected chi connectivity index (χ3v) is 6.04. The van der Waals surface area contributed by atoms with Crippen LogP contribution in [0.4, 0.5) is 0 Å². The molecule has 3 atom stereocenters. The molecule has 0 saturated heterocycles. The number of nitrogens with zero attached hydrogens (tertiary/aromatic N) is 1. The Morgan fingerprint density at radius 3 is 1.41 bits per heavy atom. The topological polar surface area (TPSA) is 112 Å². The number of rotatable bonds is 17. The first-order chi connectivity index (χ1) is 13.6. The lowest BCUT2D eigenvalue weighted by Gasteiger charge is -2.47. The standard InChI is InChI=1S/C22H39NO6/c1-5-6-7-8-9-10-11-12-13-14-15-16-23(17(2)20(24)25,18(3)21(26)27)19(4)22(28)29/h10-11,17-19H,5-9,12-16H2,1-4H3,(H2-,24,25,26,27,28,29)/p+1/b11-10+. The van der Waals surface area contributed by atoms with Crippen molar-refractivity contribution in [2.24, 2.45) is 0 Å². The summed E-state index contributed by atoms with van der Waals surface area (Å²) >= 11 is 0. The molecule has 0 rings (SSSR count). The van der Waals surface area contributed by atoms with E-state index in [1.54, 1.807) is 0 Å². The maximum Gasteiger partial charge on any atom is 0.362 e. The van der Waals surface area contributed by atoms with E-state index in [1.165, 1.54) is 46.5 Å². The van der Waals surface area contributed by atoms with Crippen molar-refractivity contribution in [3.8, 4) is 0 Å². The molecule has 0 aliphatic carbocycles. The van der Waals surface area contributed by atoms with Gasteiger partial charge in [-0.3, -0.25) is 4.48 Å². The summed E-state index contributed by atoms with van der Waals surface area (Å²) in [5.74, 6) is -3.55. The van der Waals surface area contributed by atoms with E-state index in [4.69, 9.17) is 0 Å². The summed E-state index contributed by atoms with van der Waals surface area (Å²) in [5.41, 5.74) is 0. The zero-order chi connectivity index (χ0) is 22.4. The lowest BCUT2D eigenvalue weighted by Crippen LogP contribution is -2.70. The molecule has 0 fully saturated rings. The summed E-state index contributed by atoms with van der Waals surface area (Å²) in [4.78, 5) is 35.1. The van der Waals surface area contributed by atoms with E-state index in [0.29, 0.717) is 6.42 Å². The molecular weight excluding hydrogens is 374 g/mol. The number of hydrogen-bond acceptors (Lipinski definition) is 3. The average molecular weight is 415 g/mol. The Hall–Kier alpha value is -1.89. The highest BCUT2D eigenvalue weighted by Gasteiger charge is 2.52. The van der Waals surface area contributed by atoms with Crippen molar-refractivity contribution < 1.29 is 34.2 Å². The van der Waals surface area contributed by atoms with Crippen LogP contribution in [0, 0.1) is 0 Å². The Balaban J connectivity index is 4.90. The summed E-state index contributed by atoms with van der Waals surface area (Å²) in [6.45, 7) is 6.61. The largest absolute Gasteiger partial charge is 0.477 e. The Morgan fingerprint density at radius 2 is 1.07 bits per heavy atom. The molecule has 0 aliphatic rings. The van der Waals surface area contributed by atoms with Crippen molar-refractivity contribution in [2.75, 3.05) is 6.54 Å². The van der Waals surface area contributed by atoms with Crippen LogP contribution < -0.4 is 0 Å². The molecule has 0 bridgehead atoms. The SMILES string of the molecule is CCCCCC/C=C/CCCCC[N+](C(C)C(=O)O)(C(C)C(=O)O)C(C)C(=O)O. The van der Waals surface area contributed by atoms with Gasteiger partial charge >= 0.3 is 17.9 Å². The minimum Gasteiger partial charge on any atom is -0.477 e. The van der Waals surface area contributed by atoms with Gasteiger partial charge in [0.25, 0.3) is 0 Å². The van der Waals surface area contributed by atoms with Crippen LogP contribution in [0.1, 0.15) is 85.5 Å². The predicted molar refractivity (Wildman–Crippen MR) is 113 cm³/mol. The molecule has 29 heavy (non-hydrogen) atoms. The van der Waals surface area contributed by atoms with Gasteiger partial charge in [-0.2, -0.15) is 0 Å². The van der Waals surface area contributed by atoms with Gasteiger partial charge < -0.3 is 15.3 Å². The van der Waals surface area contributed by atoms with E-state index >= 15 is 0 Å². The summed E-state index contributed by atoms with van der Waals surface area (Å²) in [7, 11) is 0. The smallest absolute Gasteiger partial charge is 0.362 e. The van der Waals surface area contributed by atoms with E-state index in [2.05, 4.69) is 19.1 Å². The van der Waals surface area contributed by atoms with Crippen LogP contribution in [0.25, 0.3) is 0 Å². The van der Waals surface area contributed by atoms with Gasteiger partial charge in [-0.15, -0.1) is 0 Å². The summed E-state index contributed by atoms with van der Waals surface area (Å²) in [6, 6.07) is -3.39. The molecule has 0 heterocycles. The number of carbonyl (C=O) groups is 3. The Bertz CT molecular complexity index is 495. The summed E-state index contributed by atoms with van der Waals surface area (Å²) < 4.78 is -0.493. The molecule has 7 nitrogen and oxygen atoms in total. The Labute approximate surface area is 175 Å². The third-order valence-electron chi connectivity index (χ3n) is 6.04. The number of aliphatic carboxylic acids is 3. The number of allylic oxidation sites excluding steroid dienone is 2. The highest BCUT2D eigenvalue weighted by molar-refractivity contribution is 5.77. The first-order valence-electron chi connectivity index (χ1n) is 10.8. The molecule has 0 aromatic heterocycles. The zero-order valence-corrected chi connectivity index (χ0v) is 18.5. The number of carboxylic acid groups (broad SMARTS) is 3. The van der Waals surface area contributed by atoms with E-state index in [9.17, 15) is 29.7 Å². The van der Waals surface area contributed by atoms with Gasteiger partial charge in [0.05, 0.1) is 6.54 Å². The number of quaternary nitrogens is 1.